The molecule has 0 atom stereocenters. The van der Waals surface area contributed by atoms with Crippen molar-refractivity contribution in [2.24, 2.45) is 5.73 Å². The molecule has 2 saturated carbocycles. The van der Waals surface area contributed by atoms with E-state index in [-0.39, 0.29) is 5.54 Å². The average molecular weight is 248 g/mol. The lowest BCUT2D eigenvalue weighted by molar-refractivity contribution is 0.363. The summed E-state index contributed by atoms with van der Waals surface area (Å²) < 4.78 is 0. The van der Waals surface area contributed by atoms with E-state index in [1.807, 2.05) is 0 Å². The van der Waals surface area contributed by atoms with Crippen LogP contribution in [0.3, 0.4) is 0 Å². The minimum Gasteiger partial charge on any atom is -0.319 e. The van der Waals surface area contributed by atoms with Crippen LogP contribution in [0.4, 0.5) is 0 Å². The van der Waals surface area contributed by atoms with Gasteiger partial charge in [0, 0.05) is 5.92 Å². The predicted molar refractivity (Wildman–Crippen MR) is 71.2 cm³/mol. The molecule has 0 spiro atoms. The molecule has 2 aliphatic carbocycles. The topological polar surface area (TPSA) is 67.6 Å². The van der Waals surface area contributed by atoms with Gasteiger partial charge in [-0.3, -0.25) is 5.10 Å². The van der Waals surface area contributed by atoms with Gasteiger partial charge < -0.3 is 5.73 Å². The average Bonchev–Trinajstić information content (AvgIpc) is 3.00. The van der Waals surface area contributed by atoms with Crippen molar-refractivity contribution in [3.63, 3.8) is 0 Å². The van der Waals surface area contributed by atoms with Gasteiger partial charge in [-0.15, -0.1) is 0 Å². The van der Waals surface area contributed by atoms with E-state index in [9.17, 15) is 0 Å². The number of nitrogens with zero attached hydrogens (tertiary/aromatic N) is 2. The minimum absolute atomic E-state index is 0.274. The molecular weight excluding hydrogens is 224 g/mol. The summed E-state index contributed by atoms with van der Waals surface area (Å²) in [7, 11) is 0. The van der Waals surface area contributed by atoms with Gasteiger partial charge in [0.2, 0.25) is 0 Å². The fourth-order valence-corrected chi connectivity index (χ4v) is 3.46. The molecule has 1 aromatic heterocycles. The highest BCUT2D eigenvalue weighted by Gasteiger charge is 2.33. The van der Waals surface area contributed by atoms with Crippen molar-refractivity contribution in [1.29, 1.82) is 0 Å². The maximum atomic E-state index is 6.55. The van der Waals surface area contributed by atoms with E-state index in [2.05, 4.69) is 10.2 Å². The highest BCUT2D eigenvalue weighted by atomic mass is 15.2. The van der Waals surface area contributed by atoms with Gasteiger partial charge in [0.25, 0.3) is 0 Å². The molecule has 4 heteroatoms. The molecular formula is C14H24N4. The zero-order chi connectivity index (χ0) is 12.4. The second-order valence-corrected chi connectivity index (χ2v) is 6.10. The smallest absolute Gasteiger partial charge is 0.170 e. The highest BCUT2D eigenvalue weighted by Crippen LogP contribution is 2.35. The molecule has 0 aromatic carbocycles. The molecule has 0 saturated heterocycles. The van der Waals surface area contributed by atoms with Crippen molar-refractivity contribution in [3.05, 3.63) is 11.6 Å². The molecule has 0 aliphatic heterocycles. The fourth-order valence-electron chi connectivity index (χ4n) is 3.46. The minimum atomic E-state index is -0.274. The van der Waals surface area contributed by atoms with E-state index in [0.29, 0.717) is 5.92 Å². The van der Waals surface area contributed by atoms with Crippen LogP contribution in [0.15, 0.2) is 0 Å². The van der Waals surface area contributed by atoms with Crippen LogP contribution < -0.4 is 5.73 Å². The Morgan fingerprint density at radius 2 is 1.67 bits per heavy atom. The SMILES string of the molecule is NC1(c2n[nH]c(C3CCCC3)n2)CCCCCC1. The maximum absolute atomic E-state index is 6.55. The molecule has 3 rings (SSSR count). The third kappa shape index (κ3) is 2.30. The maximum Gasteiger partial charge on any atom is 0.170 e. The predicted octanol–water partition coefficient (Wildman–Crippen LogP) is 2.97. The molecule has 1 heterocycles. The summed E-state index contributed by atoms with van der Waals surface area (Å²) in [6.07, 6.45) is 12.3. The zero-order valence-corrected chi connectivity index (χ0v) is 11.1. The molecule has 1 aromatic rings. The fraction of sp³-hybridized carbons (Fsp3) is 0.857. The second-order valence-electron chi connectivity index (χ2n) is 6.10. The molecule has 2 fully saturated rings. The molecule has 2 aliphatic rings. The summed E-state index contributed by atoms with van der Waals surface area (Å²) in [5.41, 5.74) is 6.27. The molecule has 100 valence electrons. The number of hydrogen-bond donors (Lipinski definition) is 2. The van der Waals surface area contributed by atoms with Gasteiger partial charge in [0.1, 0.15) is 5.82 Å². The van der Waals surface area contributed by atoms with E-state index in [1.165, 1.54) is 51.4 Å². The number of H-pyrrole nitrogens is 1. The van der Waals surface area contributed by atoms with Gasteiger partial charge in [-0.25, -0.2) is 4.98 Å². The van der Waals surface area contributed by atoms with Gasteiger partial charge in [0.05, 0.1) is 5.54 Å². The van der Waals surface area contributed by atoms with Gasteiger partial charge in [-0.1, -0.05) is 38.5 Å². The lowest BCUT2D eigenvalue weighted by atomic mass is 9.91. The van der Waals surface area contributed by atoms with Gasteiger partial charge in [0.15, 0.2) is 5.82 Å². The molecule has 18 heavy (non-hydrogen) atoms. The number of nitrogens with one attached hydrogen (secondary N) is 1. The Balaban J connectivity index is 1.78. The van der Waals surface area contributed by atoms with E-state index in [4.69, 9.17) is 10.7 Å². The van der Waals surface area contributed by atoms with Gasteiger partial charge >= 0.3 is 0 Å². The summed E-state index contributed by atoms with van der Waals surface area (Å²) in [5, 5.41) is 7.59. The Kier molecular flexibility index (Phi) is 3.37. The van der Waals surface area contributed by atoms with Crippen LogP contribution in [-0.4, -0.2) is 15.2 Å². The van der Waals surface area contributed by atoms with Crippen LogP contribution in [-0.2, 0) is 5.54 Å². The van der Waals surface area contributed by atoms with Crippen LogP contribution in [0.2, 0.25) is 0 Å². The standard InChI is InChI=1S/C14H24N4/c15-14(9-5-1-2-6-10-14)13-16-12(17-18-13)11-7-3-4-8-11/h11H,1-10,15H2,(H,16,17,18). The first kappa shape index (κ1) is 12.2. The Morgan fingerprint density at radius 3 is 2.33 bits per heavy atom. The van der Waals surface area contributed by atoms with Crippen molar-refractivity contribution in [2.45, 2.75) is 75.7 Å². The first-order chi connectivity index (χ1) is 8.78. The normalized spacial score (nSPS) is 25.2. The largest absolute Gasteiger partial charge is 0.319 e. The Hall–Kier alpha value is -0.900. The van der Waals surface area contributed by atoms with Crippen LogP contribution in [0.1, 0.15) is 81.8 Å². The number of hydrogen-bond acceptors (Lipinski definition) is 3. The van der Waals surface area contributed by atoms with Crippen molar-refractivity contribution < 1.29 is 0 Å². The van der Waals surface area contributed by atoms with Gasteiger partial charge in [-0.05, 0) is 25.7 Å². The van der Waals surface area contributed by atoms with Crippen LogP contribution >= 0.6 is 0 Å². The van der Waals surface area contributed by atoms with Crippen molar-refractivity contribution in [1.82, 2.24) is 15.2 Å². The second kappa shape index (κ2) is 5.00. The number of nitrogens with two attached hydrogens (primary N) is 1. The van der Waals surface area contributed by atoms with Crippen LogP contribution in [0.25, 0.3) is 0 Å². The summed E-state index contributed by atoms with van der Waals surface area (Å²) in [6.45, 7) is 0. The Morgan fingerprint density at radius 1 is 1.00 bits per heavy atom. The molecule has 0 bridgehead atoms. The highest BCUT2D eigenvalue weighted by molar-refractivity contribution is 5.09. The van der Waals surface area contributed by atoms with Crippen molar-refractivity contribution in [2.75, 3.05) is 0 Å². The zero-order valence-electron chi connectivity index (χ0n) is 11.1. The van der Waals surface area contributed by atoms with E-state index >= 15 is 0 Å². The molecule has 0 unspecified atom stereocenters. The van der Waals surface area contributed by atoms with E-state index in [0.717, 1.165) is 24.5 Å². The first-order valence-electron chi connectivity index (χ1n) is 7.50. The first-order valence-corrected chi connectivity index (χ1v) is 7.50. The number of rotatable bonds is 2. The van der Waals surface area contributed by atoms with Crippen LogP contribution in [0, 0.1) is 0 Å². The monoisotopic (exact) mass is 248 g/mol. The number of aromatic nitrogens is 3. The lowest BCUT2D eigenvalue weighted by Gasteiger charge is -2.24. The molecule has 4 nitrogen and oxygen atoms in total. The third-order valence-electron chi connectivity index (χ3n) is 4.69. The van der Waals surface area contributed by atoms with Crippen molar-refractivity contribution >= 4 is 0 Å². The van der Waals surface area contributed by atoms with Gasteiger partial charge in [-0.2, -0.15) is 5.10 Å². The van der Waals surface area contributed by atoms with E-state index in [1.54, 1.807) is 0 Å². The molecule has 0 radical (unpaired) electrons. The molecule has 3 N–H and O–H groups in total. The quantitative estimate of drug-likeness (QED) is 0.791. The Bertz CT molecular complexity index is 384. The lowest BCUT2D eigenvalue weighted by Crippen LogP contribution is -2.37. The number of aromatic amines is 1. The summed E-state index contributed by atoms with van der Waals surface area (Å²) in [6, 6.07) is 0. The van der Waals surface area contributed by atoms with E-state index < -0.39 is 0 Å². The van der Waals surface area contributed by atoms with Crippen LogP contribution in [0.5, 0.6) is 0 Å². The Labute approximate surface area is 109 Å². The summed E-state index contributed by atoms with van der Waals surface area (Å²) in [4.78, 5) is 4.74. The summed E-state index contributed by atoms with van der Waals surface area (Å²) >= 11 is 0. The molecule has 0 amide bonds. The summed E-state index contributed by atoms with van der Waals surface area (Å²) in [5.74, 6) is 2.54. The third-order valence-corrected chi connectivity index (χ3v) is 4.69. The van der Waals surface area contributed by atoms with Crippen molar-refractivity contribution in [3.8, 4) is 0 Å².